The lowest BCUT2D eigenvalue weighted by molar-refractivity contribution is -0.140. The predicted molar refractivity (Wildman–Crippen MR) is 45.6 cm³/mol. The first kappa shape index (κ1) is 10.2. The first-order valence-corrected chi connectivity index (χ1v) is 4.01. The number of carbonyl (C=O) groups is 2. The minimum Gasteiger partial charge on any atom is -0.481 e. The summed E-state index contributed by atoms with van der Waals surface area (Å²) in [7, 11) is 0. The fourth-order valence-corrected chi connectivity index (χ4v) is 0.752. The third-order valence-corrected chi connectivity index (χ3v) is 1.68. The second kappa shape index (κ2) is 4.40. The van der Waals surface area contributed by atoms with Gasteiger partial charge < -0.3 is 14.9 Å². The number of amides is 1. The first-order valence-electron chi connectivity index (χ1n) is 4.01. The molecule has 0 fully saturated rings. The van der Waals surface area contributed by atoms with E-state index in [9.17, 15) is 9.59 Å². The van der Waals surface area contributed by atoms with Crippen LogP contribution in [0.2, 0.25) is 0 Å². The van der Waals surface area contributed by atoms with E-state index in [2.05, 4.69) is 15.0 Å². The van der Waals surface area contributed by atoms with E-state index in [1.807, 2.05) is 0 Å². The fraction of sp³-hybridized carbons (Fsp3) is 0.375. The average Bonchev–Trinajstić information content (AvgIpc) is 2.66. The van der Waals surface area contributed by atoms with E-state index in [0.717, 1.165) is 0 Å². The minimum absolute atomic E-state index is 0.0827. The number of carbonyl (C=O) groups excluding carboxylic acids is 1. The Labute approximate surface area is 79.9 Å². The average molecular weight is 198 g/mol. The highest BCUT2D eigenvalue weighted by Gasteiger charge is 2.13. The van der Waals surface area contributed by atoms with Crippen LogP contribution in [0.15, 0.2) is 17.0 Å². The van der Waals surface area contributed by atoms with Crippen LogP contribution in [0.5, 0.6) is 0 Å². The molecule has 0 aliphatic heterocycles. The van der Waals surface area contributed by atoms with Gasteiger partial charge in [0.2, 0.25) is 0 Å². The van der Waals surface area contributed by atoms with Gasteiger partial charge in [0.15, 0.2) is 0 Å². The normalized spacial score (nSPS) is 12.1. The highest BCUT2D eigenvalue weighted by Crippen LogP contribution is 1.97. The molecule has 0 radical (unpaired) electrons. The van der Waals surface area contributed by atoms with Crippen molar-refractivity contribution in [3.8, 4) is 0 Å². The largest absolute Gasteiger partial charge is 0.481 e. The number of carboxylic acids is 1. The number of nitrogens with one attached hydrogen (secondary N) is 1. The summed E-state index contributed by atoms with van der Waals surface area (Å²) in [6.07, 6.45) is 2.46. The monoisotopic (exact) mass is 198 g/mol. The predicted octanol–water partition coefficient (Wildman–Crippen LogP) is 0.125. The fourth-order valence-electron chi connectivity index (χ4n) is 0.752. The summed E-state index contributed by atoms with van der Waals surface area (Å²) in [6, 6.07) is 0. The van der Waals surface area contributed by atoms with Gasteiger partial charge in [-0.15, -0.1) is 0 Å². The zero-order valence-corrected chi connectivity index (χ0v) is 7.56. The molecule has 1 unspecified atom stereocenters. The molecule has 2 N–H and O–H groups in total. The van der Waals surface area contributed by atoms with Gasteiger partial charge in [-0.3, -0.25) is 9.59 Å². The molecule has 0 spiro atoms. The van der Waals surface area contributed by atoms with Gasteiger partial charge in [-0.1, -0.05) is 12.1 Å². The van der Waals surface area contributed by atoms with Crippen molar-refractivity contribution in [2.45, 2.75) is 6.92 Å². The van der Waals surface area contributed by atoms with Crippen LogP contribution in [-0.2, 0) is 4.79 Å². The van der Waals surface area contributed by atoms with Gasteiger partial charge in [-0.25, -0.2) is 0 Å². The summed E-state index contributed by atoms with van der Waals surface area (Å²) in [4.78, 5) is 21.6. The van der Waals surface area contributed by atoms with Crippen LogP contribution in [0.25, 0.3) is 0 Å². The van der Waals surface area contributed by atoms with Crippen LogP contribution in [-0.4, -0.2) is 28.7 Å². The summed E-state index contributed by atoms with van der Waals surface area (Å²) in [5.74, 6) is -1.95. The number of nitrogens with zero attached hydrogens (tertiary/aromatic N) is 1. The van der Waals surface area contributed by atoms with Gasteiger partial charge >= 0.3 is 5.97 Å². The third kappa shape index (κ3) is 2.58. The Morgan fingerprint density at radius 3 is 2.93 bits per heavy atom. The lowest BCUT2D eigenvalue weighted by atomic mass is 10.2. The number of hydrogen-bond donors (Lipinski definition) is 2. The van der Waals surface area contributed by atoms with Gasteiger partial charge in [0.05, 0.1) is 17.7 Å². The Kier molecular flexibility index (Phi) is 3.22. The van der Waals surface area contributed by atoms with E-state index >= 15 is 0 Å². The Bertz CT molecular complexity index is 320. The lowest BCUT2D eigenvalue weighted by Crippen LogP contribution is -2.31. The van der Waals surface area contributed by atoms with Crippen LogP contribution >= 0.6 is 0 Å². The van der Waals surface area contributed by atoms with Crippen molar-refractivity contribution in [1.82, 2.24) is 10.5 Å². The van der Waals surface area contributed by atoms with Gasteiger partial charge in [-0.05, 0) is 0 Å². The summed E-state index contributed by atoms with van der Waals surface area (Å²) < 4.78 is 4.46. The molecule has 0 saturated heterocycles. The minimum atomic E-state index is -0.949. The van der Waals surface area contributed by atoms with E-state index < -0.39 is 11.9 Å². The molecule has 0 aliphatic carbocycles. The van der Waals surface area contributed by atoms with E-state index in [1.165, 1.54) is 19.4 Å². The van der Waals surface area contributed by atoms with Crippen molar-refractivity contribution >= 4 is 11.9 Å². The van der Waals surface area contributed by atoms with Gasteiger partial charge in [0, 0.05) is 6.54 Å². The standard InChI is InChI=1S/C8H10N2O4/c1-5(8(12)13)2-9-7(11)6-3-10-14-4-6/h3-5H,2H2,1H3,(H,9,11)(H,12,13). The highest BCUT2D eigenvalue weighted by molar-refractivity contribution is 5.93. The molecule has 1 aromatic heterocycles. The van der Waals surface area contributed by atoms with Gasteiger partial charge in [0.25, 0.3) is 5.91 Å². The molecule has 76 valence electrons. The van der Waals surface area contributed by atoms with Crippen LogP contribution in [0.4, 0.5) is 0 Å². The maximum absolute atomic E-state index is 11.2. The van der Waals surface area contributed by atoms with Crippen molar-refractivity contribution in [3.05, 3.63) is 18.0 Å². The van der Waals surface area contributed by atoms with Crippen LogP contribution in [0.1, 0.15) is 17.3 Å². The van der Waals surface area contributed by atoms with Crippen molar-refractivity contribution in [3.63, 3.8) is 0 Å². The van der Waals surface area contributed by atoms with E-state index in [0.29, 0.717) is 0 Å². The number of carboxylic acid groups (broad SMARTS) is 1. The molecule has 1 aromatic rings. The van der Waals surface area contributed by atoms with Crippen molar-refractivity contribution in [2.75, 3.05) is 6.54 Å². The molecule has 6 heteroatoms. The van der Waals surface area contributed by atoms with E-state index in [-0.39, 0.29) is 18.0 Å². The van der Waals surface area contributed by atoms with Crippen LogP contribution in [0, 0.1) is 5.92 Å². The molecule has 0 saturated carbocycles. The molecule has 0 aliphatic rings. The topological polar surface area (TPSA) is 92.4 Å². The maximum atomic E-state index is 11.2. The molecule has 1 heterocycles. The Morgan fingerprint density at radius 2 is 2.43 bits per heavy atom. The number of hydrogen-bond acceptors (Lipinski definition) is 4. The number of aliphatic carboxylic acids is 1. The Morgan fingerprint density at radius 1 is 1.71 bits per heavy atom. The zero-order chi connectivity index (χ0) is 10.6. The highest BCUT2D eigenvalue weighted by atomic mass is 16.5. The summed E-state index contributed by atoms with van der Waals surface area (Å²) in [5, 5.41) is 14.3. The van der Waals surface area contributed by atoms with Crippen LogP contribution < -0.4 is 5.32 Å². The molecule has 0 aromatic carbocycles. The smallest absolute Gasteiger partial charge is 0.308 e. The summed E-state index contributed by atoms with van der Waals surface area (Å²) in [6.45, 7) is 1.59. The quantitative estimate of drug-likeness (QED) is 0.717. The van der Waals surface area contributed by atoms with Gasteiger partial charge in [0.1, 0.15) is 6.26 Å². The zero-order valence-electron chi connectivity index (χ0n) is 7.56. The molecular formula is C8H10N2O4. The summed E-state index contributed by atoms with van der Waals surface area (Å²) in [5.41, 5.74) is 0.280. The third-order valence-electron chi connectivity index (χ3n) is 1.68. The van der Waals surface area contributed by atoms with E-state index in [4.69, 9.17) is 5.11 Å². The molecule has 0 bridgehead atoms. The first-order chi connectivity index (χ1) is 6.61. The van der Waals surface area contributed by atoms with Crippen molar-refractivity contribution in [2.24, 2.45) is 5.92 Å². The number of aromatic nitrogens is 1. The molecule has 6 nitrogen and oxygen atoms in total. The molecule has 14 heavy (non-hydrogen) atoms. The lowest BCUT2D eigenvalue weighted by Gasteiger charge is -2.06. The second-order valence-electron chi connectivity index (χ2n) is 2.86. The van der Waals surface area contributed by atoms with Crippen LogP contribution in [0.3, 0.4) is 0 Å². The summed E-state index contributed by atoms with van der Waals surface area (Å²) >= 11 is 0. The van der Waals surface area contributed by atoms with Gasteiger partial charge in [-0.2, -0.15) is 0 Å². The second-order valence-corrected chi connectivity index (χ2v) is 2.86. The molecule has 1 rings (SSSR count). The van der Waals surface area contributed by atoms with Crippen molar-refractivity contribution in [1.29, 1.82) is 0 Å². The maximum Gasteiger partial charge on any atom is 0.308 e. The van der Waals surface area contributed by atoms with Crippen molar-refractivity contribution < 1.29 is 19.2 Å². The molecule has 1 atom stereocenters. The Balaban J connectivity index is 2.40. The SMILES string of the molecule is CC(CNC(=O)c1cnoc1)C(=O)O. The van der Waals surface area contributed by atoms with E-state index in [1.54, 1.807) is 0 Å². The Hall–Kier alpha value is -1.85. The molecule has 1 amide bonds. The number of rotatable bonds is 4. The molecular weight excluding hydrogens is 188 g/mol.